The molecule has 1 saturated heterocycles. The molecule has 3 rings (SSSR count). The number of aromatic nitrogens is 2. The molecule has 1 atom stereocenters. The third-order valence-electron chi connectivity index (χ3n) is 4.01. The number of likely N-dealkylation sites (tertiary alicyclic amines) is 1. The molecule has 1 unspecified atom stereocenters. The van der Waals surface area contributed by atoms with Gasteiger partial charge >= 0.3 is 5.69 Å². The SMILES string of the molecule is O=C(CCn1ccc(=O)[nH]c1=O)N1CCC(Oc2ccccc2)C1. The second kappa shape index (κ2) is 7.16. The Morgan fingerprint density at radius 1 is 1.21 bits per heavy atom. The first kappa shape index (κ1) is 16.0. The summed E-state index contributed by atoms with van der Waals surface area (Å²) in [6.07, 6.45) is 2.40. The van der Waals surface area contributed by atoms with Crippen LogP contribution in [0.4, 0.5) is 0 Å². The number of carbonyl (C=O) groups excluding carboxylic acids is 1. The highest BCUT2D eigenvalue weighted by Gasteiger charge is 2.27. The van der Waals surface area contributed by atoms with Crippen LogP contribution >= 0.6 is 0 Å². The second-order valence-electron chi connectivity index (χ2n) is 5.73. The molecule has 0 saturated carbocycles. The zero-order valence-electron chi connectivity index (χ0n) is 13.2. The van der Waals surface area contributed by atoms with Crippen LogP contribution in [0.1, 0.15) is 12.8 Å². The van der Waals surface area contributed by atoms with E-state index < -0.39 is 11.2 Å². The fourth-order valence-electron chi connectivity index (χ4n) is 2.74. The van der Waals surface area contributed by atoms with E-state index in [1.807, 2.05) is 30.3 Å². The minimum atomic E-state index is -0.498. The number of carbonyl (C=O) groups is 1. The van der Waals surface area contributed by atoms with Gasteiger partial charge in [-0.3, -0.25) is 14.6 Å². The molecule has 0 spiro atoms. The molecule has 7 nitrogen and oxygen atoms in total. The molecule has 1 fully saturated rings. The van der Waals surface area contributed by atoms with Gasteiger partial charge in [0.1, 0.15) is 11.9 Å². The van der Waals surface area contributed by atoms with Gasteiger partial charge in [0, 0.05) is 38.2 Å². The molecule has 126 valence electrons. The maximum absolute atomic E-state index is 12.3. The molecule has 7 heteroatoms. The zero-order valence-corrected chi connectivity index (χ0v) is 13.2. The molecule has 2 heterocycles. The summed E-state index contributed by atoms with van der Waals surface area (Å²) in [5, 5.41) is 0. The fraction of sp³-hybridized carbons (Fsp3) is 0.353. The van der Waals surface area contributed by atoms with Gasteiger partial charge in [-0.25, -0.2) is 4.79 Å². The Labute approximate surface area is 138 Å². The van der Waals surface area contributed by atoms with Crippen LogP contribution in [0.3, 0.4) is 0 Å². The normalized spacial score (nSPS) is 17.0. The van der Waals surface area contributed by atoms with Gasteiger partial charge in [-0.05, 0) is 12.1 Å². The number of para-hydroxylation sites is 1. The van der Waals surface area contributed by atoms with Crippen molar-refractivity contribution in [3.05, 3.63) is 63.4 Å². The van der Waals surface area contributed by atoms with E-state index in [0.29, 0.717) is 13.1 Å². The topological polar surface area (TPSA) is 84.4 Å². The molecule has 24 heavy (non-hydrogen) atoms. The first-order valence-corrected chi connectivity index (χ1v) is 7.91. The van der Waals surface area contributed by atoms with Crippen molar-refractivity contribution >= 4 is 5.91 Å². The van der Waals surface area contributed by atoms with Gasteiger partial charge in [0.25, 0.3) is 5.56 Å². The van der Waals surface area contributed by atoms with E-state index in [0.717, 1.165) is 12.2 Å². The number of hydrogen-bond acceptors (Lipinski definition) is 4. The standard InChI is InChI=1S/C17H19N3O4/c21-15-7-10-19(17(23)18-15)11-8-16(22)20-9-6-14(12-20)24-13-4-2-1-3-5-13/h1-5,7,10,14H,6,8-9,11-12H2,(H,18,21,23). The van der Waals surface area contributed by atoms with Crippen molar-refractivity contribution < 1.29 is 9.53 Å². The minimum absolute atomic E-state index is 0.00727. The van der Waals surface area contributed by atoms with Crippen molar-refractivity contribution in [1.82, 2.24) is 14.5 Å². The summed E-state index contributed by atoms with van der Waals surface area (Å²) in [6.45, 7) is 1.44. The van der Waals surface area contributed by atoms with Gasteiger partial charge in [-0.2, -0.15) is 0 Å². The number of amides is 1. The van der Waals surface area contributed by atoms with E-state index in [1.165, 1.54) is 16.8 Å². The van der Waals surface area contributed by atoms with E-state index in [-0.39, 0.29) is 25.0 Å². The van der Waals surface area contributed by atoms with Crippen molar-refractivity contribution in [3.8, 4) is 5.75 Å². The van der Waals surface area contributed by atoms with Crippen LogP contribution in [0, 0.1) is 0 Å². The average molecular weight is 329 g/mol. The summed E-state index contributed by atoms with van der Waals surface area (Å²) in [6, 6.07) is 10.8. The highest BCUT2D eigenvalue weighted by atomic mass is 16.5. The summed E-state index contributed by atoms with van der Waals surface area (Å²) in [5.74, 6) is 0.781. The van der Waals surface area contributed by atoms with Crippen LogP contribution in [-0.4, -0.2) is 39.6 Å². The Hall–Kier alpha value is -2.83. The number of nitrogens with one attached hydrogen (secondary N) is 1. The molecular formula is C17H19N3O4. The number of rotatable bonds is 5. The van der Waals surface area contributed by atoms with Gasteiger partial charge in [0.15, 0.2) is 0 Å². The van der Waals surface area contributed by atoms with Gasteiger partial charge in [-0.1, -0.05) is 18.2 Å². The van der Waals surface area contributed by atoms with Crippen molar-refractivity contribution in [1.29, 1.82) is 0 Å². The first-order valence-electron chi connectivity index (χ1n) is 7.91. The van der Waals surface area contributed by atoms with Crippen molar-refractivity contribution in [2.75, 3.05) is 13.1 Å². The Bertz CT molecular complexity index is 812. The smallest absolute Gasteiger partial charge is 0.328 e. The maximum Gasteiger partial charge on any atom is 0.328 e. The largest absolute Gasteiger partial charge is 0.489 e. The monoisotopic (exact) mass is 329 g/mol. The van der Waals surface area contributed by atoms with E-state index in [4.69, 9.17) is 4.74 Å². The molecule has 0 radical (unpaired) electrons. The molecule has 1 aromatic heterocycles. The summed E-state index contributed by atoms with van der Waals surface area (Å²) in [4.78, 5) is 38.8. The third-order valence-corrected chi connectivity index (χ3v) is 4.01. The fourth-order valence-corrected chi connectivity index (χ4v) is 2.74. The second-order valence-corrected chi connectivity index (χ2v) is 5.73. The predicted octanol–water partition coefficient (Wildman–Crippen LogP) is 0.607. The predicted molar refractivity (Wildman–Crippen MR) is 88.0 cm³/mol. The Kier molecular flexibility index (Phi) is 4.79. The van der Waals surface area contributed by atoms with Crippen LogP contribution in [0.5, 0.6) is 5.75 Å². The van der Waals surface area contributed by atoms with Gasteiger partial charge in [0.05, 0.1) is 6.54 Å². The summed E-state index contributed by atoms with van der Waals surface area (Å²) in [7, 11) is 0. The van der Waals surface area contributed by atoms with Crippen LogP contribution in [0.25, 0.3) is 0 Å². The lowest BCUT2D eigenvalue weighted by Gasteiger charge is -2.17. The molecule has 1 amide bonds. The number of benzene rings is 1. The molecule has 0 aliphatic carbocycles. The lowest BCUT2D eigenvalue weighted by atomic mass is 10.3. The Balaban J connectivity index is 1.51. The average Bonchev–Trinajstić information content (AvgIpc) is 3.03. The molecule has 2 aromatic rings. The van der Waals surface area contributed by atoms with E-state index in [2.05, 4.69) is 4.98 Å². The highest BCUT2D eigenvalue weighted by molar-refractivity contribution is 5.76. The maximum atomic E-state index is 12.3. The minimum Gasteiger partial charge on any atom is -0.489 e. The lowest BCUT2D eigenvalue weighted by Crippen LogP contribution is -2.34. The first-order chi connectivity index (χ1) is 11.6. The number of aryl methyl sites for hydroxylation is 1. The molecule has 0 bridgehead atoms. The summed E-state index contributed by atoms with van der Waals surface area (Å²) in [5.41, 5.74) is -0.940. The number of nitrogens with zero attached hydrogens (tertiary/aromatic N) is 2. The molecule has 1 aromatic carbocycles. The lowest BCUT2D eigenvalue weighted by molar-refractivity contribution is -0.130. The third kappa shape index (κ3) is 3.92. The van der Waals surface area contributed by atoms with Crippen LogP contribution < -0.4 is 16.0 Å². The quantitative estimate of drug-likeness (QED) is 0.871. The summed E-state index contributed by atoms with van der Waals surface area (Å²) >= 11 is 0. The summed E-state index contributed by atoms with van der Waals surface area (Å²) < 4.78 is 7.19. The molecule has 1 N–H and O–H groups in total. The van der Waals surface area contributed by atoms with Crippen molar-refractivity contribution in [2.24, 2.45) is 0 Å². The molecule has 1 aliphatic rings. The van der Waals surface area contributed by atoms with Gasteiger partial charge < -0.3 is 14.2 Å². The number of hydrogen-bond donors (Lipinski definition) is 1. The van der Waals surface area contributed by atoms with Gasteiger partial charge in [-0.15, -0.1) is 0 Å². The molecular weight excluding hydrogens is 310 g/mol. The van der Waals surface area contributed by atoms with Crippen LogP contribution in [0.15, 0.2) is 52.2 Å². The van der Waals surface area contributed by atoms with Crippen molar-refractivity contribution in [3.63, 3.8) is 0 Å². The van der Waals surface area contributed by atoms with Gasteiger partial charge in [0.2, 0.25) is 5.91 Å². The van der Waals surface area contributed by atoms with Crippen LogP contribution in [0.2, 0.25) is 0 Å². The van der Waals surface area contributed by atoms with E-state index in [1.54, 1.807) is 4.90 Å². The zero-order chi connectivity index (χ0) is 16.9. The van der Waals surface area contributed by atoms with E-state index in [9.17, 15) is 14.4 Å². The molecule has 1 aliphatic heterocycles. The Morgan fingerprint density at radius 3 is 2.75 bits per heavy atom. The number of ether oxygens (including phenoxy) is 1. The van der Waals surface area contributed by atoms with E-state index >= 15 is 0 Å². The van der Waals surface area contributed by atoms with Crippen LogP contribution in [-0.2, 0) is 11.3 Å². The Morgan fingerprint density at radius 2 is 2.00 bits per heavy atom. The number of H-pyrrole nitrogens is 1. The highest BCUT2D eigenvalue weighted by Crippen LogP contribution is 2.18. The van der Waals surface area contributed by atoms with Crippen molar-refractivity contribution in [2.45, 2.75) is 25.5 Å². The number of aromatic amines is 1.